The highest BCUT2D eigenvalue weighted by atomic mass is 16.2. The maximum Gasteiger partial charge on any atom is 0.325 e. The number of fused-ring (bicyclic) bond motifs is 1. The van der Waals surface area contributed by atoms with Crippen LogP contribution < -0.4 is 10.2 Å². The molecule has 1 atom stereocenters. The molecule has 4 rings (SSSR count). The second-order valence-corrected chi connectivity index (χ2v) is 7.34. The Morgan fingerprint density at radius 3 is 2.82 bits per heavy atom. The number of carbonyl (C=O) groups excluding carboxylic acids is 3. The molecule has 4 amide bonds. The van der Waals surface area contributed by atoms with E-state index in [1.807, 2.05) is 38.1 Å². The van der Waals surface area contributed by atoms with Crippen LogP contribution in [0.15, 0.2) is 30.5 Å². The molecule has 28 heavy (non-hydrogen) atoms. The van der Waals surface area contributed by atoms with Crippen LogP contribution in [0, 0.1) is 0 Å². The first-order chi connectivity index (χ1) is 13.4. The Hall–Kier alpha value is -3.23. The number of aromatic nitrogens is 3. The van der Waals surface area contributed by atoms with Crippen molar-refractivity contribution in [1.82, 2.24) is 25.2 Å². The Labute approximate surface area is 162 Å². The molecular weight excluding hydrogens is 360 g/mol. The van der Waals surface area contributed by atoms with Gasteiger partial charge >= 0.3 is 6.03 Å². The van der Waals surface area contributed by atoms with Gasteiger partial charge in [0, 0.05) is 30.9 Å². The molecule has 9 nitrogen and oxygen atoms in total. The maximum absolute atomic E-state index is 12.7. The highest BCUT2D eigenvalue weighted by molar-refractivity contribution is 6.08. The van der Waals surface area contributed by atoms with Gasteiger partial charge in [-0.15, -0.1) is 5.10 Å². The smallest absolute Gasteiger partial charge is 0.325 e. The number of hydrogen-bond acceptors (Lipinski definition) is 5. The molecule has 1 aromatic heterocycles. The van der Waals surface area contributed by atoms with Gasteiger partial charge in [-0.2, -0.15) is 0 Å². The molecule has 2 aliphatic rings. The lowest BCUT2D eigenvalue weighted by atomic mass is 10.1. The van der Waals surface area contributed by atoms with Crippen molar-refractivity contribution >= 4 is 23.5 Å². The lowest BCUT2D eigenvalue weighted by molar-refractivity contribution is -0.131. The third-order valence-electron chi connectivity index (χ3n) is 5.09. The van der Waals surface area contributed by atoms with Crippen molar-refractivity contribution < 1.29 is 14.4 Å². The molecular formula is C19H22N6O3. The quantitative estimate of drug-likeness (QED) is 0.775. The number of benzene rings is 1. The first-order valence-electron chi connectivity index (χ1n) is 9.35. The predicted octanol–water partition coefficient (Wildman–Crippen LogP) is 0.911. The van der Waals surface area contributed by atoms with Crippen molar-refractivity contribution in [2.75, 3.05) is 18.0 Å². The Morgan fingerprint density at radius 1 is 1.29 bits per heavy atom. The van der Waals surface area contributed by atoms with Crippen LogP contribution in [0.5, 0.6) is 0 Å². The third kappa shape index (κ3) is 3.23. The Morgan fingerprint density at radius 2 is 2.07 bits per heavy atom. The summed E-state index contributed by atoms with van der Waals surface area (Å²) in [4.78, 5) is 40.3. The van der Waals surface area contributed by atoms with Gasteiger partial charge in [0.15, 0.2) is 0 Å². The lowest BCUT2D eigenvalue weighted by Crippen LogP contribution is -2.43. The molecule has 0 spiro atoms. The van der Waals surface area contributed by atoms with E-state index in [4.69, 9.17) is 0 Å². The van der Waals surface area contributed by atoms with Gasteiger partial charge in [-0.25, -0.2) is 9.48 Å². The molecule has 2 aliphatic heterocycles. The zero-order valence-corrected chi connectivity index (χ0v) is 15.8. The summed E-state index contributed by atoms with van der Waals surface area (Å²) < 4.78 is 1.70. The predicted molar refractivity (Wildman–Crippen MR) is 101 cm³/mol. The molecule has 0 bridgehead atoms. The minimum absolute atomic E-state index is 0.160. The Kier molecular flexibility index (Phi) is 4.58. The highest BCUT2D eigenvalue weighted by Crippen LogP contribution is 2.27. The summed E-state index contributed by atoms with van der Waals surface area (Å²) in [7, 11) is 0. The highest BCUT2D eigenvalue weighted by Gasteiger charge is 2.40. The zero-order valence-electron chi connectivity index (χ0n) is 15.8. The summed E-state index contributed by atoms with van der Waals surface area (Å²) in [6.07, 6.45) is 2.78. The van der Waals surface area contributed by atoms with Gasteiger partial charge in [-0.1, -0.05) is 23.4 Å². The molecule has 1 fully saturated rings. The molecule has 1 aromatic carbocycles. The molecule has 146 valence electrons. The summed E-state index contributed by atoms with van der Waals surface area (Å²) in [5.41, 5.74) is 2.56. The number of carbonyl (C=O) groups is 3. The number of amides is 4. The van der Waals surface area contributed by atoms with Gasteiger partial charge in [0.1, 0.15) is 12.6 Å². The van der Waals surface area contributed by atoms with Gasteiger partial charge in [0.05, 0.1) is 5.69 Å². The van der Waals surface area contributed by atoms with Crippen LogP contribution >= 0.6 is 0 Å². The van der Waals surface area contributed by atoms with E-state index < -0.39 is 18.0 Å². The first-order valence-corrected chi connectivity index (χ1v) is 9.35. The van der Waals surface area contributed by atoms with E-state index >= 15 is 0 Å². The minimum Gasteiger partial charge on any atom is -0.325 e. The number of anilines is 1. The largest absolute Gasteiger partial charge is 0.325 e. The summed E-state index contributed by atoms with van der Waals surface area (Å²) in [6.45, 7) is 4.24. The van der Waals surface area contributed by atoms with Crippen molar-refractivity contribution in [3.63, 3.8) is 0 Å². The fourth-order valence-electron chi connectivity index (χ4n) is 3.55. The van der Waals surface area contributed by atoms with Crippen molar-refractivity contribution in [2.24, 2.45) is 0 Å². The van der Waals surface area contributed by atoms with Crippen molar-refractivity contribution in [3.8, 4) is 0 Å². The van der Waals surface area contributed by atoms with Gasteiger partial charge in [0.2, 0.25) is 5.91 Å². The molecule has 1 unspecified atom stereocenters. The van der Waals surface area contributed by atoms with E-state index in [-0.39, 0.29) is 24.9 Å². The van der Waals surface area contributed by atoms with Gasteiger partial charge in [-0.3, -0.25) is 14.5 Å². The summed E-state index contributed by atoms with van der Waals surface area (Å²) in [5.74, 6) is -0.676. The fourth-order valence-corrected chi connectivity index (χ4v) is 3.55. The maximum atomic E-state index is 12.7. The normalized spacial score (nSPS) is 18.8. The molecule has 0 radical (unpaired) electrons. The number of hydrogen-bond donors (Lipinski definition) is 1. The second kappa shape index (κ2) is 7.06. The molecule has 0 saturated carbocycles. The summed E-state index contributed by atoms with van der Waals surface area (Å²) >= 11 is 0. The van der Waals surface area contributed by atoms with Crippen LogP contribution in [0.3, 0.4) is 0 Å². The number of nitrogens with one attached hydrogen (secondary N) is 1. The van der Waals surface area contributed by atoms with E-state index in [1.54, 1.807) is 15.8 Å². The fraction of sp³-hybridized carbons (Fsp3) is 0.421. The van der Waals surface area contributed by atoms with Crippen LogP contribution in [0.25, 0.3) is 0 Å². The van der Waals surface area contributed by atoms with Crippen molar-refractivity contribution in [2.45, 2.75) is 38.8 Å². The summed E-state index contributed by atoms with van der Waals surface area (Å²) in [5, 5.41) is 10.7. The lowest BCUT2D eigenvalue weighted by Gasteiger charge is -2.20. The molecule has 9 heteroatoms. The molecule has 1 saturated heterocycles. The summed E-state index contributed by atoms with van der Waals surface area (Å²) in [6, 6.07) is 6.55. The number of para-hydroxylation sites is 1. The zero-order chi connectivity index (χ0) is 19.8. The number of nitrogens with zero attached hydrogens (tertiary/aromatic N) is 5. The second-order valence-electron chi connectivity index (χ2n) is 7.34. The number of urea groups is 1. The molecule has 1 N–H and O–H groups in total. The third-order valence-corrected chi connectivity index (χ3v) is 5.09. The van der Waals surface area contributed by atoms with Crippen LogP contribution in [0.2, 0.25) is 0 Å². The van der Waals surface area contributed by atoms with Gasteiger partial charge < -0.3 is 10.2 Å². The van der Waals surface area contributed by atoms with Crippen molar-refractivity contribution in [3.05, 3.63) is 41.7 Å². The van der Waals surface area contributed by atoms with Crippen molar-refractivity contribution in [1.29, 1.82) is 0 Å². The van der Waals surface area contributed by atoms with Gasteiger partial charge in [0.25, 0.3) is 5.91 Å². The Balaban J connectivity index is 1.42. The monoisotopic (exact) mass is 382 g/mol. The Bertz CT molecular complexity index is 937. The topological polar surface area (TPSA) is 100 Å². The van der Waals surface area contributed by atoms with Crippen LogP contribution in [0.1, 0.15) is 31.1 Å². The van der Waals surface area contributed by atoms with E-state index in [0.717, 1.165) is 22.6 Å². The van der Waals surface area contributed by atoms with Gasteiger partial charge in [-0.05, 0) is 31.9 Å². The SMILES string of the molecule is CC(C)n1cc(CC2NC(=O)N(CC(=O)N3CCc4ccccc43)C2=O)nn1. The minimum atomic E-state index is -0.733. The van der Waals surface area contributed by atoms with Crippen LogP contribution in [-0.2, 0) is 22.4 Å². The first kappa shape index (κ1) is 18.1. The molecule has 0 aliphatic carbocycles. The van der Waals surface area contributed by atoms with E-state index in [9.17, 15) is 14.4 Å². The number of imide groups is 1. The standard InChI is InChI=1S/C19H22N6O3/c1-12(2)25-10-14(21-22-25)9-15-18(27)24(19(28)20-15)11-17(26)23-8-7-13-5-3-4-6-16(13)23/h3-6,10,12,15H,7-9,11H2,1-2H3,(H,20,28). The molecule has 2 aromatic rings. The van der Waals surface area contributed by atoms with Crippen LogP contribution in [-0.4, -0.2) is 56.9 Å². The number of rotatable bonds is 5. The van der Waals surface area contributed by atoms with Crippen LogP contribution in [0.4, 0.5) is 10.5 Å². The average molecular weight is 382 g/mol. The average Bonchev–Trinajstić information content (AvgIpc) is 3.36. The van der Waals surface area contributed by atoms with E-state index in [0.29, 0.717) is 12.2 Å². The molecule has 3 heterocycles. The van der Waals surface area contributed by atoms with E-state index in [1.165, 1.54) is 0 Å². The van der Waals surface area contributed by atoms with E-state index in [2.05, 4.69) is 15.6 Å².